The predicted octanol–water partition coefficient (Wildman–Crippen LogP) is 5.72. The van der Waals surface area contributed by atoms with Gasteiger partial charge in [0.2, 0.25) is 11.8 Å². The van der Waals surface area contributed by atoms with Crippen molar-refractivity contribution in [2.24, 2.45) is 5.92 Å². The molecule has 1 aliphatic carbocycles. The standard InChI is InChI=1S/C32H35N3O2/c1-22-12-8-10-18-27(22)34-31(36)29(20-25-21-33-28-19-11-9-17-26(25)28)35-32(37)30(23-13-4-2-5-14-23)24-15-6-3-7-16-24/h2-7,9,11,13-17,19,21-22,27,29-30,33H,8,10,12,18,20H2,1H3,(H,34,36)(H,35,37)/t22-,27-,29-/m0/s1. The molecule has 37 heavy (non-hydrogen) atoms. The number of aromatic amines is 1. The van der Waals surface area contributed by atoms with Crippen molar-refractivity contribution >= 4 is 22.7 Å². The molecule has 5 nitrogen and oxygen atoms in total. The van der Waals surface area contributed by atoms with Crippen molar-refractivity contribution < 1.29 is 9.59 Å². The Morgan fingerprint density at radius 1 is 0.838 bits per heavy atom. The van der Waals surface area contributed by atoms with Crippen LogP contribution in [0, 0.1) is 5.92 Å². The van der Waals surface area contributed by atoms with Crippen molar-refractivity contribution in [3.05, 3.63) is 108 Å². The smallest absolute Gasteiger partial charge is 0.243 e. The van der Waals surface area contributed by atoms with Crippen LogP contribution in [0.15, 0.2) is 91.1 Å². The number of benzene rings is 3. The van der Waals surface area contributed by atoms with Gasteiger partial charge in [-0.2, -0.15) is 0 Å². The SMILES string of the molecule is C[C@H]1CCCC[C@@H]1NC(=O)[C@H](Cc1c[nH]c2ccccc12)NC(=O)C(c1ccccc1)c1ccccc1. The summed E-state index contributed by atoms with van der Waals surface area (Å²) < 4.78 is 0. The molecule has 2 amide bonds. The summed E-state index contributed by atoms with van der Waals surface area (Å²) in [4.78, 5) is 30.9. The van der Waals surface area contributed by atoms with Crippen molar-refractivity contribution in [1.82, 2.24) is 15.6 Å². The molecule has 1 aliphatic rings. The molecule has 3 aromatic carbocycles. The van der Waals surface area contributed by atoms with Crippen molar-refractivity contribution in [3.8, 4) is 0 Å². The Bertz CT molecular complexity index is 1290. The van der Waals surface area contributed by atoms with Crippen molar-refractivity contribution in [2.75, 3.05) is 0 Å². The topological polar surface area (TPSA) is 74.0 Å². The van der Waals surface area contributed by atoms with E-state index in [2.05, 4.69) is 28.6 Å². The molecule has 0 bridgehead atoms. The number of hydrogen-bond donors (Lipinski definition) is 3. The molecule has 3 N–H and O–H groups in total. The summed E-state index contributed by atoms with van der Waals surface area (Å²) in [6.07, 6.45) is 6.80. The molecule has 0 saturated heterocycles. The molecule has 0 aliphatic heterocycles. The minimum atomic E-state index is -0.684. The lowest BCUT2D eigenvalue weighted by atomic mass is 9.85. The molecule has 4 aromatic rings. The van der Waals surface area contributed by atoms with Gasteiger partial charge >= 0.3 is 0 Å². The minimum absolute atomic E-state index is 0.114. The quantitative estimate of drug-likeness (QED) is 0.294. The summed E-state index contributed by atoms with van der Waals surface area (Å²) in [7, 11) is 0. The average Bonchev–Trinajstić information content (AvgIpc) is 3.34. The third-order valence-electron chi connectivity index (χ3n) is 7.70. The number of amides is 2. The lowest BCUT2D eigenvalue weighted by Crippen LogP contribution is -2.53. The second-order valence-electron chi connectivity index (χ2n) is 10.3. The van der Waals surface area contributed by atoms with E-state index in [4.69, 9.17) is 0 Å². The van der Waals surface area contributed by atoms with Crippen molar-refractivity contribution in [2.45, 2.75) is 57.0 Å². The van der Waals surface area contributed by atoms with E-state index in [9.17, 15) is 9.59 Å². The van der Waals surface area contributed by atoms with Crippen LogP contribution in [-0.4, -0.2) is 28.9 Å². The Balaban J connectivity index is 1.44. The van der Waals surface area contributed by atoms with Crippen LogP contribution in [0.4, 0.5) is 0 Å². The van der Waals surface area contributed by atoms with Crippen molar-refractivity contribution in [1.29, 1.82) is 0 Å². The number of H-pyrrole nitrogens is 1. The summed E-state index contributed by atoms with van der Waals surface area (Å²) in [5.74, 6) is -0.357. The zero-order valence-corrected chi connectivity index (χ0v) is 21.3. The van der Waals surface area contributed by atoms with E-state index in [1.807, 2.05) is 85.1 Å². The highest BCUT2D eigenvalue weighted by Crippen LogP contribution is 2.27. The van der Waals surface area contributed by atoms with Crippen LogP contribution < -0.4 is 10.6 Å². The summed E-state index contributed by atoms with van der Waals surface area (Å²) in [6, 6.07) is 27.1. The zero-order valence-electron chi connectivity index (χ0n) is 21.3. The van der Waals surface area contributed by atoms with Crippen LogP contribution >= 0.6 is 0 Å². The first-order valence-corrected chi connectivity index (χ1v) is 13.4. The molecule has 0 unspecified atom stereocenters. The summed E-state index contributed by atoms with van der Waals surface area (Å²) >= 11 is 0. The first kappa shape index (κ1) is 24.8. The third-order valence-corrected chi connectivity index (χ3v) is 7.70. The van der Waals surface area contributed by atoms with E-state index in [1.54, 1.807) is 0 Å². The number of nitrogens with one attached hydrogen (secondary N) is 3. The highest BCUT2D eigenvalue weighted by atomic mass is 16.2. The first-order chi connectivity index (χ1) is 18.1. The Morgan fingerprint density at radius 3 is 2.14 bits per heavy atom. The van der Waals surface area contributed by atoms with Gasteiger partial charge in [0, 0.05) is 29.6 Å². The van der Waals surface area contributed by atoms with Gasteiger partial charge in [0.25, 0.3) is 0 Å². The molecule has 5 rings (SSSR count). The van der Waals surface area contributed by atoms with E-state index < -0.39 is 12.0 Å². The number of rotatable bonds is 8. The maximum atomic E-state index is 13.9. The number of carbonyl (C=O) groups is 2. The minimum Gasteiger partial charge on any atom is -0.361 e. The fourth-order valence-corrected chi connectivity index (χ4v) is 5.58. The van der Waals surface area contributed by atoms with E-state index >= 15 is 0 Å². The second-order valence-corrected chi connectivity index (χ2v) is 10.3. The monoisotopic (exact) mass is 493 g/mol. The molecule has 1 saturated carbocycles. The van der Waals surface area contributed by atoms with Gasteiger partial charge in [-0.3, -0.25) is 9.59 Å². The molecule has 1 fully saturated rings. The Hall–Kier alpha value is -3.86. The molecule has 0 radical (unpaired) electrons. The molecule has 3 atom stereocenters. The molecule has 0 spiro atoms. The van der Waals surface area contributed by atoms with E-state index in [0.717, 1.165) is 46.9 Å². The van der Waals surface area contributed by atoms with E-state index in [0.29, 0.717) is 12.3 Å². The second kappa shape index (κ2) is 11.5. The maximum Gasteiger partial charge on any atom is 0.243 e. The Morgan fingerprint density at radius 2 is 1.46 bits per heavy atom. The van der Waals surface area contributed by atoms with Crippen LogP contribution in [-0.2, 0) is 16.0 Å². The number of fused-ring (bicyclic) bond motifs is 1. The molecule has 1 aromatic heterocycles. The molecule has 1 heterocycles. The Labute approximate surface area is 218 Å². The largest absolute Gasteiger partial charge is 0.361 e. The number of aromatic nitrogens is 1. The highest BCUT2D eigenvalue weighted by Gasteiger charge is 2.31. The normalized spacial score (nSPS) is 18.4. The fraction of sp³-hybridized carbons (Fsp3) is 0.312. The van der Waals surface area contributed by atoms with Gasteiger partial charge in [-0.25, -0.2) is 0 Å². The first-order valence-electron chi connectivity index (χ1n) is 13.4. The maximum absolute atomic E-state index is 13.9. The summed E-state index contributed by atoms with van der Waals surface area (Å²) in [5, 5.41) is 7.52. The Kier molecular flexibility index (Phi) is 7.69. The van der Waals surface area contributed by atoms with Gasteiger partial charge in [-0.05, 0) is 41.5 Å². The molecule has 5 heteroatoms. The summed E-state index contributed by atoms with van der Waals surface area (Å²) in [6.45, 7) is 2.21. The van der Waals surface area contributed by atoms with Gasteiger partial charge in [0.05, 0.1) is 5.92 Å². The lowest BCUT2D eigenvalue weighted by molar-refractivity contribution is -0.130. The van der Waals surface area contributed by atoms with Crippen LogP contribution in [0.2, 0.25) is 0 Å². The van der Waals surface area contributed by atoms with Crippen LogP contribution in [0.1, 0.15) is 55.2 Å². The molecular weight excluding hydrogens is 458 g/mol. The van der Waals surface area contributed by atoms with Gasteiger partial charge in [-0.1, -0.05) is 98.6 Å². The average molecular weight is 494 g/mol. The number of hydrogen-bond acceptors (Lipinski definition) is 2. The van der Waals surface area contributed by atoms with Gasteiger partial charge in [-0.15, -0.1) is 0 Å². The van der Waals surface area contributed by atoms with Gasteiger partial charge < -0.3 is 15.6 Å². The fourth-order valence-electron chi connectivity index (χ4n) is 5.58. The lowest BCUT2D eigenvalue weighted by Gasteiger charge is -2.31. The molecule has 190 valence electrons. The van der Waals surface area contributed by atoms with Crippen LogP contribution in [0.25, 0.3) is 10.9 Å². The van der Waals surface area contributed by atoms with Gasteiger partial charge in [0.1, 0.15) is 6.04 Å². The third kappa shape index (κ3) is 5.77. The molecular formula is C32H35N3O2. The van der Waals surface area contributed by atoms with Gasteiger partial charge in [0.15, 0.2) is 0 Å². The summed E-state index contributed by atoms with van der Waals surface area (Å²) in [5.41, 5.74) is 3.84. The highest BCUT2D eigenvalue weighted by molar-refractivity contribution is 5.93. The van der Waals surface area contributed by atoms with E-state index in [1.165, 1.54) is 6.42 Å². The van der Waals surface area contributed by atoms with E-state index in [-0.39, 0.29) is 17.9 Å². The predicted molar refractivity (Wildman–Crippen MR) is 148 cm³/mol. The number of para-hydroxylation sites is 1. The number of carbonyl (C=O) groups excluding carboxylic acids is 2. The van der Waals surface area contributed by atoms with Crippen molar-refractivity contribution in [3.63, 3.8) is 0 Å². The van der Waals surface area contributed by atoms with Crippen LogP contribution in [0.5, 0.6) is 0 Å². The van der Waals surface area contributed by atoms with Crippen LogP contribution in [0.3, 0.4) is 0 Å². The zero-order chi connectivity index (χ0) is 25.6.